The molecule has 0 atom stereocenters. The van der Waals surface area contributed by atoms with Gasteiger partial charge in [0.25, 0.3) is 0 Å². The number of anilines is 5. The predicted octanol–water partition coefficient (Wildman–Crippen LogP) is 4.00. The molecule has 1 saturated heterocycles. The highest BCUT2D eigenvalue weighted by atomic mass is 16.5. The largest absolute Gasteiger partial charge is 0.378 e. The minimum absolute atomic E-state index is 0.0454. The first-order valence-corrected chi connectivity index (χ1v) is 9.58. The van der Waals surface area contributed by atoms with E-state index < -0.39 is 0 Å². The molecule has 7 nitrogen and oxygen atoms in total. The second kappa shape index (κ2) is 8.70. The van der Waals surface area contributed by atoms with Crippen molar-refractivity contribution in [2.24, 2.45) is 0 Å². The summed E-state index contributed by atoms with van der Waals surface area (Å²) in [5, 5.41) is 6.65. The van der Waals surface area contributed by atoms with Crippen molar-refractivity contribution < 1.29 is 9.53 Å². The minimum atomic E-state index is 0.0454. The Hall–Kier alpha value is -3.45. The number of ketones is 1. The number of rotatable bonds is 6. The molecule has 1 fully saturated rings. The number of hydrogen-bond acceptors (Lipinski definition) is 7. The molecule has 148 valence electrons. The lowest BCUT2D eigenvalue weighted by molar-refractivity contribution is 0.101. The molecular weight excluding hydrogens is 366 g/mol. The van der Waals surface area contributed by atoms with Gasteiger partial charge in [-0.3, -0.25) is 4.79 Å². The van der Waals surface area contributed by atoms with Crippen molar-refractivity contribution in [2.45, 2.75) is 6.92 Å². The number of aromatic nitrogens is 2. The molecule has 0 aliphatic carbocycles. The highest BCUT2D eigenvalue weighted by Gasteiger charge is 2.15. The SMILES string of the molecule is CC(=O)c1ccc(Nc2cc(Nc3ccccc3N3CCOCC3)ncn2)cc1. The van der Waals surface area contributed by atoms with E-state index in [1.807, 2.05) is 36.4 Å². The molecular formula is C22H23N5O2. The molecule has 0 spiro atoms. The van der Waals surface area contributed by atoms with E-state index in [9.17, 15) is 4.79 Å². The van der Waals surface area contributed by atoms with Gasteiger partial charge in [-0.25, -0.2) is 9.97 Å². The maximum Gasteiger partial charge on any atom is 0.159 e. The summed E-state index contributed by atoms with van der Waals surface area (Å²) >= 11 is 0. The van der Waals surface area contributed by atoms with E-state index >= 15 is 0 Å². The van der Waals surface area contributed by atoms with Gasteiger partial charge in [-0.2, -0.15) is 0 Å². The normalized spacial score (nSPS) is 13.8. The van der Waals surface area contributed by atoms with Crippen LogP contribution in [0, 0.1) is 0 Å². The summed E-state index contributed by atoms with van der Waals surface area (Å²) in [6.45, 7) is 4.76. The van der Waals surface area contributed by atoms with Crippen molar-refractivity contribution in [3.63, 3.8) is 0 Å². The Bertz CT molecular complexity index is 985. The molecule has 1 aliphatic heterocycles. The van der Waals surface area contributed by atoms with Crippen LogP contribution in [0.15, 0.2) is 60.9 Å². The first kappa shape index (κ1) is 18.9. The van der Waals surface area contributed by atoms with Gasteiger partial charge in [-0.1, -0.05) is 12.1 Å². The lowest BCUT2D eigenvalue weighted by Gasteiger charge is -2.30. The van der Waals surface area contributed by atoms with Crippen molar-refractivity contribution in [3.8, 4) is 0 Å². The maximum absolute atomic E-state index is 11.4. The lowest BCUT2D eigenvalue weighted by atomic mass is 10.1. The number of ether oxygens (including phenoxy) is 1. The average Bonchev–Trinajstić information content (AvgIpc) is 2.75. The van der Waals surface area contributed by atoms with Crippen molar-refractivity contribution in [1.29, 1.82) is 0 Å². The zero-order chi connectivity index (χ0) is 20.1. The van der Waals surface area contributed by atoms with Crippen LogP contribution in [0.5, 0.6) is 0 Å². The van der Waals surface area contributed by atoms with Crippen LogP contribution in [0.1, 0.15) is 17.3 Å². The van der Waals surface area contributed by atoms with E-state index in [4.69, 9.17) is 4.74 Å². The summed E-state index contributed by atoms with van der Waals surface area (Å²) in [4.78, 5) is 22.4. The van der Waals surface area contributed by atoms with E-state index in [0.29, 0.717) is 17.2 Å². The van der Waals surface area contributed by atoms with Gasteiger partial charge in [0.15, 0.2) is 5.78 Å². The number of carbonyl (C=O) groups is 1. The fraction of sp³-hybridized carbons (Fsp3) is 0.227. The molecule has 1 aliphatic rings. The Morgan fingerprint density at radius 3 is 2.38 bits per heavy atom. The van der Waals surface area contributed by atoms with Gasteiger partial charge in [-0.15, -0.1) is 0 Å². The van der Waals surface area contributed by atoms with Crippen LogP contribution in [0.4, 0.5) is 28.7 Å². The molecule has 2 N–H and O–H groups in total. The first-order valence-electron chi connectivity index (χ1n) is 9.58. The Balaban J connectivity index is 1.50. The summed E-state index contributed by atoms with van der Waals surface area (Å²) in [6, 6.07) is 17.4. The van der Waals surface area contributed by atoms with Crippen LogP contribution in [0.3, 0.4) is 0 Å². The van der Waals surface area contributed by atoms with E-state index in [-0.39, 0.29) is 5.78 Å². The maximum atomic E-state index is 11.4. The number of nitrogens with zero attached hydrogens (tertiary/aromatic N) is 3. The van der Waals surface area contributed by atoms with E-state index in [0.717, 1.165) is 43.4 Å². The molecule has 0 saturated carbocycles. The van der Waals surface area contributed by atoms with Gasteiger partial charge in [0.05, 0.1) is 24.6 Å². The summed E-state index contributed by atoms with van der Waals surface area (Å²) in [6.07, 6.45) is 1.52. The Labute approximate surface area is 169 Å². The van der Waals surface area contributed by atoms with Crippen LogP contribution in [0.2, 0.25) is 0 Å². The fourth-order valence-electron chi connectivity index (χ4n) is 3.23. The van der Waals surface area contributed by atoms with Crippen LogP contribution in [0.25, 0.3) is 0 Å². The topological polar surface area (TPSA) is 79.4 Å². The van der Waals surface area contributed by atoms with Gasteiger partial charge < -0.3 is 20.3 Å². The minimum Gasteiger partial charge on any atom is -0.378 e. The Morgan fingerprint density at radius 1 is 0.966 bits per heavy atom. The number of carbonyl (C=O) groups excluding carboxylic acids is 1. The zero-order valence-corrected chi connectivity index (χ0v) is 16.3. The second-order valence-corrected chi connectivity index (χ2v) is 6.79. The lowest BCUT2D eigenvalue weighted by Crippen LogP contribution is -2.36. The molecule has 7 heteroatoms. The number of hydrogen-bond donors (Lipinski definition) is 2. The van der Waals surface area contributed by atoms with Crippen molar-refractivity contribution in [3.05, 3.63) is 66.5 Å². The number of para-hydroxylation sites is 2. The zero-order valence-electron chi connectivity index (χ0n) is 16.3. The van der Waals surface area contributed by atoms with Gasteiger partial charge in [0.2, 0.25) is 0 Å². The fourth-order valence-corrected chi connectivity index (χ4v) is 3.23. The molecule has 1 aromatic heterocycles. The van der Waals surface area contributed by atoms with Gasteiger partial charge >= 0.3 is 0 Å². The smallest absolute Gasteiger partial charge is 0.159 e. The Kier molecular flexibility index (Phi) is 5.67. The van der Waals surface area contributed by atoms with Crippen molar-refractivity contribution >= 4 is 34.5 Å². The van der Waals surface area contributed by atoms with Crippen LogP contribution in [-0.4, -0.2) is 42.1 Å². The van der Waals surface area contributed by atoms with Crippen LogP contribution >= 0.6 is 0 Å². The molecule has 0 unspecified atom stereocenters. The summed E-state index contributed by atoms with van der Waals surface area (Å²) in [5.41, 5.74) is 3.65. The van der Waals surface area contributed by atoms with Crippen molar-refractivity contribution in [2.75, 3.05) is 41.8 Å². The first-order chi connectivity index (χ1) is 14.2. The highest BCUT2D eigenvalue weighted by Crippen LogP contribution is 2.29. The molecule has 2 heterocycles. The molecule has 0 radical (unpaired) electrons. The van der Waals surface area contributed by atoms with E-state index in [1.165, 1.54) is 6.33 Å². The molecule has 4 rings (SSSR count). The number of Topliss-reactive ketones (excluding diaryl/α,β-unsaturated/α-hetero) is 1. The molecule has 3 aromatic rings. The van der Waals surface area contributed by atoms with Crippen LogP contribution < -0.4 is 15.5 Å². The third-order valence-electron chi connectivity index (χ3n) is 4.75. The quantitative estimate of drug-likeness (QED) is 0.617. The monoisotopic (exact) mass is 389 g/mol. The second-order valence-electron chi connectivity index (χ2n) is 6.79. The van der Waals surface area contributed by atoms with Gasteiger partial charge in [0.1, 0.15) is 18.0 Å². The number of nitrogens with one attached hydrogen (secondary N) is 2. The van der Waals surface area contributed by atoms with Crippen LogP contribution in [-0.2, 0) is 4.74 Å². The third-order valence-corrected chi connectivity index (χ3v) is 4.75. The highest BCUT2D eigenvalue weighted by molar-refractivity contribution is 5.94. The van der Waals surface area contributed by atoms with Gasteiger partial charge in [-0.05, 0) is 43.3 Å². The van der Waals surface area contributed by atoms with Crippen molar-refractivity contribution in [1.82, 2.24) is 9.97 Å². The molecule has 0 amide bonds. The number of benzene rings is 2. The average molecular weight is 389 g/mol. The standard InChI is InChI=1S/C22H23N5O2/c1-16(28)17-6-8-18(9-7-17)25-21-14-22(24-15-23-21)26-19-4-2-3-5-20(19)27-10-12-29-13-11-27/h2-9,14-15H,10-13H2,1H3,(H2,23,24,25,26). The summed E-state index contributed by atoms with van der Waals surface area (Å²) in [5.74, 6) is 1.41. The number of morpholine rings is 1. The van der Waals surface area contributed by atoms with Gasteiger partial charge in [0, 0.05) is 30.4 Å². The molecule has 0 bridgehead atoms. The third kappa shape index (κ3) is 4.70. The van der Waals surface area contributed by atoms with E-state index in [1.54, 1.807) is 19.1 Å². The molecule has 29 heavy (non-hydrogen) atoms. The molecule has 2 aromatic carbocycles. The summed E-state index contributed by atoms with van der Waals surface area (Å²) < 4.78 is 5.46. The predicted molar refractivity (Wildman–Crippen MR) is 115 cm³/mol. The Morgan fingerprint density at radius 2 is 1.66 bits per heavy atom. The van der Waals surface area contributed by atoms with E-state index in [2.05, 4.69) is 31.6 Å². The summed E-state index contributed by atoms with van der Waals surface area (Å²) in [7, 11) is 0.